The van der Waals surface area contributed by atoms with Crippen molar-refractivity contribution in [1.82, 2.24) is 0 Å². The van der Waals surface area contributed by atoms with Gasteiger partial charge in [-0.05, 0) is 123 Å². The first-order chi connectivity index (χ1) is 26.2. The molecule has 0 N–H and O–H groups in total. The minimum absolute atomic E-state index is 0.641. The molecule has 0 saturated heterocycles. The molecule has 8 heteroatoms. The predicted octanol–water partition coefficient (Wildman–Crippen LogP) is 12.5. The van der Waals surface area contributed by atoms with E-state index in [0.29, 0.717) is 10.6 Å². The maximum absolute atomic E-state index is 16.6. The maximum atomic E-state index is 16.6. The second kappa shape index (κ2) is 13.0. The zero-order chi connectivity index (χ0) is 37.2. The molecular weight excluding hydrogens is 702 g/mol. The van der Waals surface area contributed by atoms with E-state index in [9.17, 15) is 0 Å². The Hall–Kier alpha value is -5.80. The summed E-state index contributed by atoms with van der Waals surface area (Å²) in [6.07, 6.45) is 0. The lowest BCUT2D eigenvalue weighted by Gasteiger charge is -2.36. The lowest BCUT2D eigenvalue weighted by Crippen LogP contribution is -2.30. The largest absolute Gasteiger partial charge is 0.301 e. The molecule has 0 spiro atoms. The molecule has 2 heterocycles. The van der Waals surface area contributed by atoms with Crippen LogP contribution in [0.25, 0.3) is 0 Å². The van der Waals surface area contributed by atoms with Gasteiger partial charge in [-0.3, -0.25) is 27.8 Å². The van der Waals surface area contributed by atoms with Crippen molar-refractivity contribution in [1.29, 1.82) is 0 Å². The fourth-order valence-corrected chi connectivity index (χ4v) is 14.3. The number of benzene rings is 7. The van der Waals surface area contributed by atoms with E-state index in [1.165, 1.54) is 0 Å². The van der Waals surface area contributed by atoms with E-state index < -0.39 is 14.9 Å². The van der Waals surface area contributed by atoms with Crippen LogP contribution >= 0.6 is 14.9 Å². The van der Waals surface area contributed by atoms with Crippen molar-refractivity contribution in [3.05, 3.63) is 192 Å². The fraction of sp³-hybridized carbons (Fsp3) is 0.0870. The average Bonchev–Trinajstić information content (AvgIpc) is 3.61. The maximum Gasteiger partial charge on any atom is 0.301 e. The Balaban J connectivity index is 1.28. The van der Waals surface area contributed by atoms with Crippen LogP contribution < -0.4 is 29.3 Å². The van der Waals surface area contributed by atoms with Crippen molar-refractivity contribution in [2.45, 2.75) is 27.7 Å². The number of rotatable bonds is 6. The Kier molecular flexibility index (Phi) is 8.15. The van der Waals surface area contributed by atoms with Crippen LogP contribution in [0.4, 0.5) is 45.5 Å². The summed E-state index contributed by atoms with van der Waals surface area (Å²) in [5, 5.41) is 1.28. The molecule has 0 unspecified atom stereocenters. The topological polar surface area (TPSA) is 47.1 Å². The van der Waals surface area contributed by atoms with Gasteiger partial charge in [-0.1, -0.05) is 97.1 Å². The highest BCUT2D eigenvalue weighted by molar-refractivity contribution is 7.76. The average molecular weight is 743 g/mol. The molecule has 54 heavy (non-hydrogen) atoms. The third-order valence-electron chi connectivity index (χ3n) is 10.7. The van der Waals surface area contributed by atoms with Gasteiger partial charge in [0.1, 0.15) is 0 Å². The van der Waals surface area contributed by atoms with Crippen LogP contribution in [0.3, 0.4) is 0 Å². The molecule has 0 bridgehead atoms. The van der Waals surface area contributed by atoms with Crippen molar-refractivity contribution >= 4 is 71.0 Å². The van der Waals surface area contributed by atoms with Crippen LogP contribution in [-0.2, 0) is 9.13 Å². The smallest absolute Gasteiger partial charge is 0.269 e. The molecule has 9 rings (SSSR count). The van der Waals surface area contributed by atoms with Gasteiger partial charge in [-0.15, -0.1) is 0 Å². The molecule has 2 aliphatic heterocycles. The van der Waals surface area contributed by atoms with Crippen LogP contribution in [-0.4, -0.2) is 0 Å². The highest BCUT2D eigenvalue weighted by Gasteiger charge is 2.52. The highest BCUT2D eigenvalue weighted by Crippen LogP contribution is 2.72. The molecular formula is C46H40N4O2P2. The van der Waals surface area contributed by atoms with Crippen molar-refractivity contribution in [2.75, 3.05) is 18.7 Å². The Morgan fingerprint density at radius 3 is 0.667 bits per heavy atom. The monoisotopic (exact) mass is 742 g/mol. The third-order valence-corrected chi connectivity index (χ3v) is 16.5. The van der Waals surface area contributed by atoms with Gasteiger partial charge >= 0.3 is 14.9 Å². The minimum Gasteiger partial charge on any atom is -0.269 e. The third kappa shape index (κ3) is 4.94. The summed E-state index contributed by atoms with van der Waals surface area (Å²) in [5.74, 6) is 0. The lowest BCUT2D eigenvalue weighted by atomic mass is 10.1. The number of anilines is 8. The van der Waals surface area contributed by atoms with Gasteiger partial charge in [0.15, 0.2) is 0 Å². The SMILES string of the molecule is Cc1ccccc1N1c2ccccc2N(c2ccccc2C)P1(=O)c1ccc(P2(=O)N(c3ccccc3C)c3ccccc3N2c2ccccc2C)cc1. The van der Waals surface area contributed by atoms with Crippen molar-refractivity contribution < 1.29 is 9.13 Å². The summed E-state index contributed by atoms with van der Waals surface area (Å²) in [5.41, 5.74) is 11.1. The first-order valence-corrected chi connectivity index (χ1v) is 21.4. The number of aryl methyl sites for hydroxylation is 4. The Morgan fingerprint density at radius 1 is 0.278 bits per heavy atom. The molecule has 7 aromatic carbocycles. The number of nitrogens with zero attached hydrogens (tertiary/aromatic N) is 4. The van der Waals surface area contributed by atoms with E-state index in [-0.39, 0.29) is 0 Å². The minimum atomic E-state index is -3.67. The van der Waals surface area contributed by atoms with Crippen molar-refractivity contribution in [3.63, 3.8) is 0 Å². The van der Waals surface area contributed by atoms with E-state index in [4.69, 9.17) is 0 Å². The summed E-state index contributed by atoms with van der Waals surface area (Å²) in [4.78, 5) is 0. The van der Waals surface area contributed by atoms with Gasteiger partial charge in [0.05, 0.1) is 56.1 Å². The van der Waals surface area contributed by atoms with Crippen LogP contribution in [0.1, 0.15) is 22.3 Å². The van der Waals surface area contributed by atoms with Gasteiger partial charge in [0, 0.05) is 0 Å². The Morgan fingerprint density at radius 2 is 0.463 bits per heavy atom. The standard InChI is InChI=1S/C46H40N4O2P2/c1-33-17-5-9-21-39(33)47-43-25-13-14-26-44(43)48(40-22-10-6-18-34(40)2)53(47,51)37-29-31-38(32-30-37)54(52)49(41-23-11-7-19-35(41)3)45-27-15-16-28-46(45)50(54)42-24-12-8-20-36(42)4/h5-32H,1-4H3. The lowest BCUT2D eigenvalue weighted by molar-refractivity contribution is 0.581. The van der Waals surface area contributed by atoms with Gasteiger partial charge in [-0.2, -0.15) is 0 Å². The fourth-order valence-electron chi connectivity index (χ4n) is 8.02. The van der Waals surface area contributed by atoms with Gasteiger partial charge < -0.3 is 0 Å². The number of hydrogen-bond donors (Lipinski definition) is 0. The molecule has 0 amide bonds. The summed E-state index contributed by atoms with van der Waals surface area (Å²) in [7, 11) is -7.33. The molecule has 0 saturated carbocycles. The van der Waals surface area contributed by atoms with Gasteiger partial charge in [-0.25, -0.2) is 0 Å². The quantitative estimate of drug-likeness (QED) is 0.158. The summed E-state index contributed by atoms with van der Waals surface area (Å²) >= 11 is 0. The second-order valence-electron chi connectivity index (χ2n) is 14.0. The molecule has 7 aromatic rings. The van der Waals surface area contributed by atoms with Crippen molar-refractivity contribution in [2.24, 2.45) is 0 Å². The van der Waals surface area contributed by atoms with Gasteiger partial charge in [0.25, 0.3) is 0 Å². The van der Waals surface area contributed by atoms with E-state index in [0.717, 1.165) is 67.8 Å². The van der Waals surface area contributed by atoms with E-state index >= 15 is 9.13 Å². The summed E-state index contributed by atoms with van der Waals surface area (Å²) < 4.78 is 41.2. The molecule has 0 aliphatic carbocycles. The second-order valence-corrected chi connectivity index (χ2v) is 18.8. The zero-order valence-corrected chi connectivity index (χ0v) is 32.5. The van der Waals surface area contributed by atoms with Crippen LogP contribution in [0.15, 0.2) is 170 Å². The molecule has 266 valence electrons. The number of hydrogen-bond acceptors (Lipinski definition) is 2. The first-order valence-electron chi connectivity index (χ1n) is 18.2. The van der Waals surface area contributed by atoms with E-state index in [2.05, 4.69) is 76.2 Å². The molecule has 6 nitrogen and oxygen atoms in total. The molecule has 0 atom stereocenters. The summed E-state index contributed by atoms with van der Waals surface area (Å²) in [6.45, 7) is 8.24. The number of para-hydroxylation sites is 8. The molecule has 0 radical (unpaired) electrons. The zero-order valence-electron chi connectivity index (χ0n) is 30.7. The van der Waals surface area contributed by atoms with Crippen LogP contribution in [0.2, 0.25) is 0 Å². The first kappa shape index (κ1) is 34.0. The Labute approximate surface area is 317 Å². The highest BCUT2D eigenvalue weighted by atomic mass is 31.2. The van der Waals surface area contributed by atoms with Gasteiger partial charge in [0.2, 0.25) is 0 Å². The van der Waals surface area contributed by atoms with E-state index in [1.54, 1.807) is 0 Å². The molecule has 2 aliphatic rings. The predicted molar refractivity (Wildman–Crippen MR) is 227 cm³/mol. The Bertz CT molecular complexity index is 2340. The normalized spacial score (nSPS) is 15.3. The van der Waals surface area contributed by atoms with Crippen LogP contribution in [0.5, 0.6) is 0 Å². The molecule has 0 aromatic heterocycles. The van der Waals surface area contributed by atoms with E-state index in [1.807, 2.05) is 140 Å². The summed E-state index contributed by atoms with van der Waals surface area (Å²) in [6, 6.07) is 56.4. The van der Waals surface area contributed by atoms with Crippen molar-refractivity contribution in [3.8, 4) is 0 Å². The molecule has 0 fully saturated rings. The number of fused-ring (bicyclic) bond motifs is 2. The van der Waals surface area contributed by atoms with Crippen LogP contribution in [0, 0.1) is 27.7 Å².